The molecule has 0 unspecified atom stereocenters. The molecule has 1 N–H and O–H groups in total. The lowest BCUT2D eigenvalue weighted by atomic mass is 9.72. The maximum atomic E-state index is 13.1. The average Bonchev–Trinajstić information content (AvgIpc) is 2.74. The minimum Gasteiger partial charge on any atom is -0.356 e. The smallest absolute Gasteiger partial charge is 0.226 e. The van der Waals surface area contributed by atoms with Gasteiger partial charge in [-0.25, -0.2) is 0 Å². The quantitative estimate of drug-likeness (QED) is 0.774. The minimum atomic E-state index is -0.430. The van der Waals surface area contributed by atoms with Crippen LogP contribution in [0.25, 0.3) is 11.1 Å². The lowest BCUT2D eigenvalue weighted by molar-refractivity contribution is -0.144. The second-order valence-corrected chi connectivity index (χ2v) is 8.83. The largest absolute Gasteiger partial charge is 0.356 e. The molecule has 1 saturated heterocycles. The summed E-state index contributed by atoms with van der Waals surface area (Å²) in [5.41, 5.74) is 3.14. The van der Waals surface area contributed by atoms with Gasteiger partial charge >= 0.3 is 0 Å². The zero-order chi connectivity index (χ0) is 21.0. The first-order chi connectivity index (χ1) is 14.6. The van der Waals surface area contributed by atoms with Crippen LogP contribution in [0.4, 0.5) is 0 Å². The van der Waals surface area contributed by atoms with Crippen LogP contribution in [-0.2, 0) is 16.0 Å². The Bertz CT molecular complexity index is 864. The van der Waals surface area contributed by atoms with Crippen LogP contribution in [0.2, 0.25) is 0 Å². The summed E-state index contributed by atoms with van der Waals surface area (Å²) in [4.78, 5) is 27.7. The van der Waals surface area contributed by atoms with Crippen molar-refractivity contribution in [3.8, 4) is 11.1 Å². The highest BCUT2D eigenvalue weighted by molar-refractivity contribution is 5.84. The van der Waals surface area contributed by atoms with Crippen LogP contribution < -0.4 is 5.32 Å². The van der Waals surface area contributed by atoms with E-state index in [4.69, 9.17) is 0 Å². The molecule has 2 amide bonds. The van der Waals surface area contributed by atoms with Crippen LogP contribution in [0.3, 0.4) is 0 Å². The van der Waals surface area contributed by atoms with E-state index in [1.165, 1.54) is 23.1 Å². The van der Waals surface area contributed by atoms with Crippen LogP contribution in [0, 0.1) is 11.3 Å². The Labute approximate surface area is 179 Å². The van der Waals surface area contributed by atoms with Crippen LogP contribution in [0.5, 0.6) is 0 Å². The molecule has 30 heavy (non-hydrogen) atoms. The zero-order valence-electron chi connectivity index (χ0n) is 17.9. The number of benzene rings is 2. The predicted octanol–water partition coefficient (Wildman–Crippen LogP) is 4.44. The normalized spacial score (nSPS) is 18.5. The van der Waals surface area contributed by atoms with Gasteiger partial charge in [0.05, 0.1) is 5.41 Å². The molecular weight excluding hydrogens is 372 g/mol. The van der Waals surface area contributed by atoms with Crippen molar-refractivity contribution in [2.75, 3.05) is 19.6 Å². The van der Waals surface area contributed by atoms with E-state index >= 15 is 0 Å². The summed E-state index contributed by atoms with van der Waals surface area (Å²) in [5, 5.41) is 3.06. The Morgan fingerprint density at radius 3 is 2.17 bits per heavy atom. The minimum absolute atomic E-state index is 0.132. The van der Waals surface area contributed by atoms with E-state index in [2.05, 4.69) is 41.7 Å². The first kappa shape index (κ1) is 20.6. The van der Waals surface area contributed by atoms with Crippen molar-refractivity contribution in [2.45, 2.75) is 45.4 Å². The van der Waals surface area contributed by atoms with Gasteiger partial charge in [-0.05, 0) is 55.7 Å². The SMILES string of the molecule is CCNC(=O)C1(Cc2ccc(-c3ccccc3)cc2)CCN(C(=O)C2CCC2)CC1. The molecule has 1 saturated carbocycles. The standard InChI is InChI=1S/C26H32N2O2/c1-2-27-25(30)26(15-17-28(18-16-26)24(29)23-9-6-10-23)19-20-11-13-22(14-12-20)21-7-4-3-5-8-21/h3-5,7-8,11-14,23H,2,6,9-10,15-19H2,1H3,(H,27,30). The van der Waals surface area contributed by atoms with Gasteiger partial charge in [-0.3, -0.25) is 9.59 Å². The summed E-state index contributed by atoms with van der Waals surface area (Å²) in [6, 6.07) is 18.9. The van der Waals surface area contributed by atoms with Crippen LogP contribution in [0.15, 0.2) is 54.6 Å². The second-order valence-electron chi connectivity index (χ2n) is 8.83. The van der Waals surface area contributed by atoms with E-state index in [1.54, 1.807) is 0 Å². The molecule has 2 aromatic carbocycles. The molecule has 0 atom stereocenters. The highest BCUT2D eigenvalue weighted by Crippen LogP contribution is 2.38. The lowest BCUT2D eigenvalue weighted by Crippen LogP contribution is -2.52. The van der Waals surface area contributed by atoms with Crippen LogP contribution in [-0.4, -0.2) is 36.3 Å². The van der Waals surface area contributed by atoms with Gasteiger partial charge in [0.15, 0.2) is 0 Å². The fourth-order valence-corrected chi connectivity index (χ4v) is 4.74. The van der Waals surface area contributed by atoms with E-state index in [0.717, 1.165) is 32.1 Å². The first-order valence-electron chi connectivity index (χ1n) is 11.3. The molecule has 0 spiro atoms. The van der Waals surface area contributed by atoms with Gasteiger partial charge in [-0.15, -0.1) is 0 Å². The van der Waals surface area contributed by atoms with Gasteiger partial charge in [0.1, 0.15) is 0 Å². The third-order valence-electron chi connectivity index (χ3n) is 6.91. The number of nitrogens with one attached hydrogen (secondary N) is 1. The zero-order valence-corrected chi connectivity index (χ0v) is 17.9. The summed E-state index contributed by atoms with van der Waals surface area (Å²) in [5.74, 6) is 0.665. The van der Waals surface area contributed by atoms with Crippen molar-refractivity contribution in [3.05, 3.63) is 60.2 Å². The number of piperidine rings is 1. The van der Waals surface area contributed by atoms with E-state index in [9.17, 15) is 9.59 Å². The predicted molar refractivity (Wildman–Crippen MR) is 120 cm³/mol. The van der Waals surface area contributed by atoms with E-state index < -0.39 is 5.41 Å². The number of rotatable bonds is 6. The van der Waals surface area contributed by atoms with Crippen molar-refractivity contribution < 1.29 is 9.59 Å². The maximum absolute atomic E-state index is 13.1. The lowest BCUT2D eigenvalue weighted by Gasteiger charge is -2.42. The summed E-state index contributed by atoms with van der Waals surface area (Å²) < 4.78 is 0. The van der Waals surface area contributed by atoms with Gasteiger partial charge in [-0.1, -0.05) is 61.0 Å². The Hall–Kier alpha value is -2.62. The number of hydrogen-bond acceptors (Lipinski definition) is 2. The highest BCUT2D eigenvalue weighted by atomic mass is 16.2. The van der Waals surface area contributed by atoms with E-state index in [-0.39, 0.29) is 11.8 Å². The first-order valence-corrected chi connectivity index (χ1v) is 11.3. The molecule has 4 heteroatoms. The van der Waals surface area contributed by atoms with Gasteiger partial charge in [0.2, 0.25) is 11.8 Å². The summed E-state index contributed by atoms with van der Waals surface area (Å²) in [6.07, 6.45) is 5.43. The van der Waals surface area contributed by atoms with E-state index in [1.807, 2.05) is 30.0 Å². The van der Waals surface area contributed by atoms with Crippen LogP contribution >= 0.6 is 0 Å². The number of amides is 2. The van der Waals surface area contributed by atoms with Gasteiger partial charge in [-0.2, -0.15) is 0 Å². The van der Waals surface area contributed by atoms with Crippen molar-refractivity contribution >= 4 is 11.8 Å². The molecule has 0 radical (unpaired) electrons. The third-order valence-corrected chi connectivity index (χ3v) is 6.91. The Kier molecular flexibility index (Phi) is 6.21. The van der Waals surface area contributed by atoms with Crippen LogP contribution in [0.1, 0.15) is 44.6 Å². The molecule has 0 bridgehead atoms. The Balaban J connectivity index is 1.47. The molecule has 1 heterocycles. The molecule has 1 aliphatic heterocycles. The van der Waals surface area contributed by atoms with Crippen molar-refractivity contribution in [3.63, 3.8) is 0 Å². The molecule has 1 aliphatic carbocycles. The average molecular weight is 405 g/mol. The monoisotopic (exact) mass is 404 g/mol. The number of likely N-dealkylation sites (tertiary alicyclic amines) is 1. The fraction of sp³-hybridized carbons (Fsp3) is 0.462. The third kappa shape index (κ3) is 4.28. The van der Waals surface area contributed by atoms with Crippen molar-refractivity contribution in [1.82, 2.24) is 10.2 Å². The number of carbonyl (C=O) groups is 2. The summed E-state index contributed by atoms with van der Waals surface area (Å²) >= 11 is 0. The topological polar surface area (TPSA) is 49.4 Å². The number of nitrogens with zero attached hydrogens (tertiary/aromatic N) is 1. The number of hydrogen-bond donors (Lipinski definition) is 1. The summed E-state index contributed by atoms with van der Waals surface area (Å²) in [7, 11) is 0. The molecule has 158 valence electrons. The molecule has 2 aromatic rings. The molecule has 0 aromatic heterocycles. The van der Waals surface area contributed by atoms with E-state index in [0.29, 0.717) is 25.5 Å². The molecule has 2 fully saturated rings. The summed E-state index contributed by atoms with van der Waals surface area (Å²) in [6.45, 7) is 3.98. The van der Waals surface area contributed by atoms with Gasteiger partial charge in [0.25, 0.3) is 0 Å². The van der Waals surface area contributed by atoms with Gasteiger partial charge < -0.3 is 10.2 Å². The number of carbonyl (C=O) groups excluding carboxylic acids is 2. The molecule has 4 rings (SSSR count). The van der Waals surface area contributed by atoms with Crippen molar-refractivity contribution in [2.24, 2.45) is 11.3 Å². The Morgan fingerprint density at radius 1 is 0.967 bits per heavy atom. The maximum Gasteiger partial charge on any atom is 0.226 e. The molecule has 4 nitrogen and oxygen atoms in total. The second kappa shape index (κ2) is 9.03. The molecular formula is C26H32N2O2. The van der Waals surface area contributed by atoms with Gasteiger partial charge in [0, 0.05) is 25.6 Å². The van der Waals surface area contributed by atoms with Crippen molar-refractivity contribution in [1.29, 1.82) is 0 Å². The fourth-order valence-electron chi connectivity index (χ4n) is 4.74. The molecule has 2 aliphatic rings. The Morgan fingerprint density at radius 2 is 1.60 bits per heavy atom. The highest BCUT2D eigenvalue weighted by Gasteiger charge is 2.43.